The van der Waals surface area contributed by atoms with E-state index in [2.05, 4.69) is 14.6 Å². The second-order valence-corrected chi connectivity index (χ2v) is 3.98. The highest BCUT2D eigenvalue weighted by Gasteiger charge is 2.45. The first kappa shape index (κ1) is 11.8. The van der Waals surface area contributed by atoms with Crippen LogP contribution in [0, 0.1) is 5.92 Å². The smallest absolute Gasteiger partial charge is 0.320 e. The van der Waals surface area contributed by atoms with Crippen molar-refractivity contribution in [1.82, 2.24) is 0 Å². The van der Waals surface area contributed by atoms with E-state index in [1.165, 1.54) is 26.0 Å². The Morgan fingerprint density at radius 1 is 1.40 bits per heavy atom. The Morgan fingerprint density at radius 3 is 2.47 bits per heavy atom. The Morgan fingerprint density at radius 2 is 2.00 bits per heavy atom. The zero-order valence-electron chi connectivity index (χ0n) is 8.30. The average Bonchev–Trinajstić information content (AvgIpc) is 2.70. The van der Waals surface area contributed by atoms with Gasteiger partial charge in [0.15, 0.2) is 0 Å². The molecule has 84 valence electrons. The van der Waals surface area contributed by atoms with Crippen LogP contribution in [0.3, 0.4) is 0 Å². The number of carbonyl (C=O) groups is 2. The van der Waals surface area contributed by atoms with E-state index in [4.69, 9.17) is 5.21 Å². The van der Waals surface area contributed by atoms with Crippen molar-refractivity contribution in [2.24, 2.45) is 11.1 Å². The summed E-state index contributed by atoms with van der Waals surface area (Å²) < 4.78 is 9.09. The molecule has 2 atom stereocenters. The molecule has 0 spiro atoms. The number of oxime groups is 1. The zero-order valence-corrected chi connectivity index (χ0v) is 9.11. The van der Waals surface area contributed by atoms with Crippen molar-refractivity contribution in [3.63, 3.8) is 0 Å². The van der Waals surface area contributed by atoms with Gasteiger partial charge in [-0.05, 0) is 0 Å². The number of rotatable bonds is 2. The summed E-state index contributed by atoms with van der Waals surface area (Å²) in [4.78, 5) is 22.7. The van der Waals surface area contributed by atoms with Crippen LogP contribution < -0.4 is 0 Å². The van der Waals surface area contributed by atoms with Crippen LogP contribution in [0.2, 0.25) is 0 Å². The molecule has 0 radical (unpaired) electrons. The number of esters is 2. The van der Waals surface area contributed by atoms with E-state index in [1.54, 1.807) is 0 Å². The molecule has 0 aromatic rings. The van der Waals surface area contributed by atoms with Crippen LogP contribution in [-0.2, 0) is 19.1 Å². The summed E-state index contributed by atoms with van der Waals surface area (Å²) in [5.74, 6) is -1.65. The van der Waals surface area contributed by atoms with Gasteiger partial charge in [-0.2, -0.15) is 0 Å². The molecule has 0 aromatic carbocycles. The van der Waals surface area contributed by atoms with E-state index in [1.807, 2.05) is 0 Å². The second-order valence-electron chi connectivity index (χ2n) is 2.85. The molecule has 1 heterocycles. The fourth-order valence-corrected chi connectivity index (χ4v) is 2.61. The standard InChI is InChI=1S/C8H11NO5S/c1-13-7(10)5-4(9-12)3-15-6(5)8(11)14-2/h5-6,12H,3H2,1-2H3/b9-4-. The van der Waals surface area contributed by atoms with Gasteiger partial charge in [0.2, 0.25) is 0 Å². The fraction of sp³-hybridized carbons (Fsp3) is 0.625. The maximum absolute atomic E-state index is 11.4. The quantitative estimate of drug-likeness (QED) is 0.407. The molecule has 15 heavy (non-hydrogen) atoms. The average molecular weight is 233 g/mol. The summed E-state index contributed by atoms with van der Waals surface area (Å²) in [6.45, 7) is 0. The number of ether oxygens (including phenoxy) is 2. The zero-order chi connectivity index (χ0) is 11.4. The lowest BCUT2D eigenvalue weighted by Gasteiger charge is -2.13. The summed E-state index contributed by atoms with van der Waals surface area (Å²) in [6, 6.07) is 0. The predicted octanol–water partition coefficient (Wildman–Crippen LogP) is -0.106. The lowest BCUT2D eigenvalue weighted by molar-refractivity contribution is -0.148. The van der Waals surface area contributed by atoms with Gasteiger partial charge in [-0.1, -0.05) is 5.16 Å². The Hall–Kier alpha value is -1.24. The SMILES string of the molecule is COC(=O)C1SC/C(=N/O)C1C(=O)OC. The van der Waals surface area contributed by atoms with Crippen molar-refractivity contribution in [2.45, 2.75) is 5.25 Å². The van der Waals surface area contributed by atoms with Gasteiger partial charge in [-0.15, -0.1) is 11.8 Å². The number of hydrogen-bond acceptors (Lipinski definition) is 7. The van der Waals surface area contributed by atoms with Crippen molar-refractivity contribution in [1.29, 1.82) is 0 Å². The minimum absolute atomic E-state index is 0.238. The van der Waals surface area contributed by atoms with E-state index in [0.29, 0.717) is 5.75 Å². The molecule has 1 saturated heterocycles. The predicted molar refractivity (Wildman–Crippen MR) is 53.0 cm³/mol. The van der Waals surface area contributed by atoms with Gasteiger partial charge in [-0.3, -0.25) is 9.59 Å². The van der Waals surface area contributed by atoms with Crippen LogP contribution in [0.4, 0.5) is 0 Å². The van der Waals surface area contributed by atoms with Crippen molar-refractivity contribution in [2.75, 3.05) is 20.0 Å². The third kappa shape index (κ3) is 2.23. The number of methoxy groups -OCH3 is 2. The minimum atomic E-state index is -0.850. The van der Waals surface area contributed by atoms with Crippen LogP contribution in [0.1, 0.15) is 0 Å². The van der Waals surface area contributed by atoms with Crippen molar-refractivity contribution >= 4 is 29.4 Å². The molecule has 1 N–H and O–H groups in total. The molecule has 1 rings (SSSR count). The molecule has 2 unspecified atom stereocenters. The first-order valence-electron chi connectivity index (χ1n) is 4.13. The minimum Gasteiger partial charge on any atom is -0.468 e. The van der Waals surface area contributed by atoms with E-state index in [9.17, 15) is 9.59 Å². The molecule has 7 heteroatoms. The summed E-state index contributed by atoms with van der Waals surface area (Å²) in [5.41, 5.74) is 0.238. The Bertz CT molecular complexity index is 303. The van der Waals surface area contributed by atoms with Gasteiger partial charge in [-0.25, -0.2) is 0 Å². The first-order valence-corrected chi connectivity index (χ1v) is 5.18. The molecule has 6 nitrogen and oxygen atoms in total. The molecule has 0 aliphatic carbocycles. The largest absolute Gasteiger partial charge is 0.468 e. The molecule has 1 aliphatic rings. The van der Waals surface area contributed by atoms with Gasteiger partial charge in [0.05, 0.1) is 19.9 Å². The van der Waals surface area contributed by atoms with Crippen LogP contribution in [-0.4, -0.2) is 48.1 Å². The first-order chi connectivity index (χ1) is 7.15. The summed E-state index contributed by atoms with van der Waals surface area (Å²) in [5, 5.41) is 11.0. The van der Waals surface area contributed by atoms with Gasteiger partial charge < -0.3 is 14.7 Å². The fourth-order valence-electron chi connectivity index (χ4n) is 1.33. The third-order valence-corrected chi connectivity index (χ3v) is 3.38. The molecule has 0 amide bonds. The maximum atomic E-state index is 11.4. The molecule has 0 saturated carbocycles. The van der Waals surface area contributed by atoms with Crippen LogP contribution in [0.15, 0.2) is 5.16 Å². The third-order valence-electron chi connectivity index (χ3n) is 2.09. The highest BCUT2D eigenvalue weighted by Crippen LogP contribution is 2.32. The van der Waals surface area contributed by atoms with Crippen molar-refractivity contribution in [3.8, 4) is 0 Å². The van der Waals surface area contributed by atoms with Crippen LogP contribution in [0.25, 0.3) is 0 Å². The van der Waals surface area contributed by atoms with Crippen molar-refractivity contribution < 1.29 is 24.3 Å². The topological polar surface area (TPSA) is 85.2 Å². The van der Waals surface area contributed by atoms with Crippen LogP contribution >= 0.6 is 11.8 Å². The monoisotopic (exact) mass is 233 g/mol. The number of thioether (sulfide) groups is 1. The van der Waals surface area contributed by atoms with Gasteiger partial charge >= 0.3 is 11.9 Å². The number of carbonyl (C=O) groups excluding carboxylic acids is 2. The lowest BCUT2D eigenvalue weighted by atomic mass is 10.0. The van der Waals surface area contributed by atoms with Gasteiger partial charge in [0.25, 0.3) is 0 Å². The highest BCUT2D eigenvalue weighted by atomic mass is 32.2. The van der Waals surface area contributed by atoms with Crippen molar-refractivity contribution in [3.05, 3.63) is 0 Å². The Balaban J connectivity index is 2.91. The summed E-state index contributed by atoms with van der Waals surface area (Å²) in [6.07, 6.45) is 0. The number of hydrogen-bond donors (Lipinski definition) is 1. The summed E-state index contributed by atoms with van der Waals surface area (Å²) >= 11 is 1.19. The normalized spacial score (nSPS) is 27.7. The van der Waals surface area contributed by atoms with Crippen LogP contribution in [0.5, 0.6) is 0 Å². The lowest BCUT2D eigenvalue weighted by Crippen LogP contribution is -2.34. The summed E-state index contributed by atoms with van der Waals surface area (Å²) in [7, 11) is 2.46. The second kappa shape index (κ2) is 5.01. The molecule has 0 aromatic heterocycles. The molecule has 1 fully saturated rings. The maximum Gasteiger partial charge on any atom is 0.320 e. The van der Waals surface area contributed by atoms with E-state index < -0.39 is 23.1 Å². The number of nitrogens with zero attached hydrogens (tertiary/aromatic N) is 1. The Kier molecular flexibility index (Phi) is 3.96. The van der Waals surface area contributed by atoms with E-state index in [-0.39, 0.29) is 5.71 Å². The van der Waals surface area contributed by atoms with E-state index in [0.717, 1.165) is 0 Å². The van der Waals surface area contributed by atoms with Gasteiger partial charge in [0, 0.05) is 5.75 Å². The molecular weight excluding hydrogens is 222 g/mol. The highest BCUT2D eigenvalue weighted by molar-refractivity contribution is 8.01. The van der Waals surface area contributed by atoms with Gasteiger partial charge in [0.1, 0.15) is 11.2 Å². The van der Waals surface area contributed by atoms with E-state index >= 15 is 0 Å². The molecule has 1 aliphatic heterocycles. The molecule has 0 bridgehead atoms. The molecular formula is C8H11NO5S. The Labute approximate surface area is 90.6 Å².